The van der Waals surface area contributed by atoms with E-state index in [1.54, 1.807) is 24.9 Å². The highest BCUT2D eigenvalue weighted by atomic mass is 32.1. The molecule has 0 aliphatic heterocycles. The summed E-state index contributed by atoms with van der Waals surface area (Å²) in [7, 11) is 1.62. The zero-order valence-corrected chi connectivity index (χ0v) is 15.9. The van der Waals surface area contributed by atoms with Gasteiger partial charge in [0.15, 0.2) is 5.13 Å². The molecule has 8 heteroatoms. The van der Waals surface area contributed by atoms with Crippen LogP contribution in [0, 0.1) is 0 Å². The first-order valence-corrected chi connectivity index (χ1v) is 9.76. The number of anilines is 1. The number of amides is 1. The molecular weight excluding hydrogens is 380 g/mol. The van der Waals surface area contributed by atoms with E-state index in [-0.39, 0.29) is 5.91 Å². The first kappa shape index (κ1) is 17.3. The van der Waals surface area contributed by atoms with Gasteiger partial charge in [-0.2, -0.15) is 0 Å². The van der Waals surface area contributed by atoms with Gasteiger partial charge in [0.1, 0.15) is 16.5 Å². The van der Waals surface area contributed by atoms with Crippen LogP contribution in [0.25, 0.3) is 21.8 Å². The van der Waals surface area contributed by atoms with Crippen molar-refractivity contribution in [3.05, 3.63) is 65.2 Å². The molecule has 0 bridgehead atoms. The molecular formula is C19H14N4O2S2. The third-order valence-corrected chi connectivity index (χ3v) is 5.40. The molecule has 3 aromatic heterocycles. The van der Waals surface area contributed by atoms with Crippen molar-refractivity contribution >= 4 is 33.7 Å². The van der Waals surface area contributed by atoms with Crippen molar-refractivity contribution in [2.45, 2.75) is 0 Å². The first-order chi connectivity index (χ1) is 13.2. The fraction of sp³-hybridized carbons (Fsp3) is 0.0526. The number of aromatic nitrogens is 3. The minimum Gasteiger partial charge on any atom is -0.497 e. The second-order valence-corrected chi connectivity index (χ2v) is 7.22. The summed E-state index contributed by atoms with van der Waals surface area (Å²) < 4.78 is 5.16. The molecule has 1 N–H and O–H groups in total. The Hall–Kier alpha value is -3.10. The van der Waals surface area contributed by atoms with Gasteiger partial charge in [0.2, 0.25) is 0 Å². The van der Waals surface area contributed by atoms with Gasteiger partial charge in [-0.25, -0.2) is 9.97 Å². The fourth-order valence-corrected chi connectivity index (χ4v) is 3.90. The Balaban J connectivity index is 1.47. The summed E-state index contributed by atoms with van der Waals surface area (Å²) in [4.78, 5) is 25.4. The Morgan fingerprint density at radius 1 is 1.04 bits per heavy atom. The normalized spacial score (nSPS) is 10.6. The molecule has 0 radical (unpaired) electrons. The summed E-state index contributed by atoms with van der Waals surface area (Å²) in [6, 6.07) is 11.3. The number of nitrogens with one attached hydrogen (secondary N) is 1. The van der Waals surface area contributed by atoms with Gasteiger partial charge in [0, 0.05) is 34.3 Å². The summed E-state index contributed by atoms with van der Waals surface area (Å²) in [5.41, 5.74) is 2.99. The fourth-order valence-electron chi connectivity index (χ4n) is 2.38. The maximum absolute atomic E-state index is 12.5. The lowest BCUT2D eigenvalue weighted by molar-refractivity contribution is 0.102. The smallest absolute Gasteiger partial charge is 0.276 e. The predicted octanol–water partition coefficient (Wildman–Crippen LogP) is 4.59. The van der Waals surface area contributed by atoms with Crippen LogP contribution in [0.5, 0.6) is 5.75 Å². The topological polar surface area (TPSA) is 77.0 Å². The van der Waals surface area contributed by atoms with Crippen LogP contribution in [-0.2, 0) is 0 Å². The largest absolute Gasteiger partial charge is 0.497 e. The van der Waals surface area contributed by atoms with Crippen LogP contribution in [-0.4, -0.2) is 28.0 Å². The maximum atomic E-state index is 12.5. The summed E-state index contributed by atoms with van der Waals surface area (Å²) in [6.45, 7) is 0. The Bertz CT molecular complexity index is 1060. The zero-order valence-electron chi connectivity index (χ0n) is 14.2. The van der Waals surface area contributed by atoms with Crippen LogP contribution >= 0.6 is 22.7 Å². The summed E-state index contributed by atoms with van der Waals surface area (Å²) in [6.07, 6.45) is 3.45. The third kappa shape index (κ3) is 3.86. The highest BCUT2D eigenvalue weighted by Crippen LogP contribution is 2.27. The van der Waals surface area contributed by atoms with Gasteiger partial charge in [-0.05, 0) is 36.4 Å². The number of methoxy groups -OCH3 is 1. The molecule has 4 rings (SSSR count). The van der Waals surface area contributed by atoms with Crippen LogP contribution in [0.2, 0.25) is 0 Å². The van der Waals surface area contributed by atoms with E-state index < -0.39 is 0 Å². The van der Waals surface area contributed by atoms with Crippen molar-refractivity contribution in [1.29, 1.82) is 0 Å². The molecule has 0 atom stereocenters. The Labute approximate surface area is 163 Å². The molecule has 27 heavy (non-hydrogen) atoms. The quantitative estimate of drug-likeness (QED) is 0.536. The molecule has 0 fully saturated rings. The van der Waals surface area contributed by atoms with E-state index in [1.807, 2.05) is 41.8 Å². The summed E-state index contributed by atoms with van der Waals surface area (Å²) in [5.74, 6) is 0.500. The van der Waals surface area contributed by atoms with Gasteiger partial charge in [-0.15, -0.1) is 22.7 Å². The van der Waals surface area contributed by atoms with Crippen LogP contribution < -0.4 is 10.1 Å². The van der Waals surface area contributed by atoms with Crippen LogP contribution in [0.15, 0.2) is 59.6 Å². The summed E-state index contributed by atoms with van der Waals surface area (Å²) >= 11 is 2.78. The number of rotatable bonds is 5. The molecule has 0 saturated heterocycles. The Morgan fingerprint density at radius 2 is 1.89 bits per heavy atom. The van der Waals surface area contributed by atoms with E-state index >= 15 is 0 Å². The Kier molecular flexibility index (Phi) is 4.91. The van der Waals surface area contributed by atoms with Gasteiger partial charge >= 0.3 is 0 Å². The predicted molar refractivity (Wildman–Crippen MR) is 107 cm³/mol. The minimum atomic E-state index is -0.280. The van der Waals surface area contributed by atoms with Crippen LogP contribution in [0.1, 0.15) is 10.5 Å². The summed E-state index contributed by atoms with van der Waals surface area (Å²) in [5, 5.41) is 7.73. The Morgan fingerprint density at radius 3 is 2.63 bits per heavy atom. The molecule has 1 amide bonds. The highest BCUT2D eigenvalue weighted by molar-refractivity contribution is 7.14. The molecule has 4 aromatic rings. The monoisotopic (exact) mass is 394 g/mol. The number of ether oxygens (including phenoxy) is 1. The molecule has 0 aliphatic rings. The molecule has 0 aliphatic carbocycles. The second-order valence-electron chi connectivity index (χ2n) is 5.50. The van der Waals surface area contributed by atoms with Gasteiger partial charge in [-0.1, -0.05) is 0 Å². The van der Waals surface area contributed by atoms with Crippen LogP contribution in [0.3, 0.4) is 0 Å². The highest BCUT2D eigenvalue weighted by Gasteiger charge is 2.14. The second kappa shape index (κ2) is 7.65. The van der Waals surface area contributed by atoms with Crippen LogP contribution in [0.4, 0.5) is 5.13 Å². The number of pyridine rings is 1. The molecule has 3 heterocycles. The van der Waals surface area contributed by atoms with Gasteiger partial charge in [0.25, 0.3) is 5.91 Å². The first-order valence-electron chi connectivity index (χ1n) is 8.00. The number of benzene rings is 1. The van der Waals surface area contributed by atoms with E-state index in [0.29, 0.717) is 10.8 Å². The van der Waals surface area contributed by atoms with Crippen molar-refractivity contribution in [2.75, 3.05) is 12.4 Å². The van der Waals surface area contributed by atoms with E-state index in [4.69, 9.17) is 4.74 Å². The number of thiazole rings is 2. The van der Waals surface area contributed by atoms with Crippen molar-refractivity contribution in [2.24, 2.45) is 0 Å². The number of carbonyl (C=O) groups excluding carboxylic acids is 1. The zero-order chi connectivity index (χ0) is 18.6. The molecule has 134 valence electrons. The minimum absolute atomic E-state index is 0.280. The van der Waals surface area contributed by atoms with Crippen molar-refractivity contribution < 1.29 is 9.53 Å². The van der Waals surface area contributed by atoms with Gasteiger partial charge in [-0.3, -0.25) is 15.1 Å². The van der Waals surface area contributed by atoms with Gasteiger partial charge in [0.05, 0.1) is 12.8 Å². The lowest BCUT2D eigenvalue weighted by Crippen LogP contribution is -2.12. The lowest BCUT2D eigenvalue weighted by Gasteiger charge is -2.00. The average Bonchev–Trinajstić information content (AvgIpc) is 3.39. The van der Waals surface area contributed by atoms with Gasteiger partial charge < -0.3 is 4.74 Å². The molecule has 6 nitrogen and oxygen atoms in total. The van der Waals surface area contributed by atoms with Crippen molar-refractivity contribution in [1.82, 2.24) is 15.0 Å². The maximum Gasteiger partial charge on any atom is 0.276 e. The number of hydrogen-bond acceptors (Lipinski definition) is 7. The molecule has 0 unspecified atom stereocenters. The van der Waals surface area contributed by atoms with E-state index in [0.717, 1.165) is 27.6 Å². The third-order valence-electron chi connectivity index (χ3n) is 3.76. The lowest BCUT2D eigenvalue weighted by atomic mass is 10.2. The number of hydrogen-bond donors (Lipinski definition) is 1. The van der Waals surface area contributed by atoms with Crippen molar-refractivity contribution in [3.63, 3.8) is 0 Å². The molecule has 0 spiro atoms. The average molecular weight is 394 g/mol. The molecule has 0 saturated carbocycles. The number of carbonyl (C=O) groups is 1. The standard InChI is InChI=1S/C19H14N4O2S2/c1-25-14-6-4-12(5-7-14)18-21-16(11-26-18)17(24)23-19-22-15(10-27-19)13-3-2-8-20-9-13/h2-11H,1H3,(H,22,23,24). The van der Waals surface area contributed by atoms with E-state index in [1.165, 1.54) is 22.7 Å². The number of nitrogens with zero attached hydrogens (tertiary/aromatic N) is 3. The van der Waals surface area contributed by atoms with E-state index in [9.17, 15) is 4.79 Å². The van der Waals surface area contributed by atoms with E-state index in [2.05, 4.69) is 20.3 Å². The SMILES string of the molecule is COc1ccc(-c2nc(C(=O)Nc3nc(-c4cccnc4)cs3)cs2)cc1. The molecule has 1 aromatic carbocycles. The van der Waals surface area contributed by atoms with Crippen molar-refractivity contribution in [3.8, 4) is 27.6 Å².